The number of thioether (sulfide) groups is 1. The summed E-state index contributed by atoms with van der Waals surface area (Å²) in [5, 5.41) is 2.92. The fraction of sp³-hybridized carbons (Fsp3) is 0.263. The normalized spacial score (nSPS) is 13.8. The van der Waals surface area contributed by atoms with Gasteiger partial charge in [-0.1, -0.05) is 18.2 Å². The van der Waals surface area contributed by atoms with Gasteiger partial charge in [-0.2, -0.15) is 0 Å². The average molecular weight is 356 g/mol. The number of anilines is 2. The Labute approximate surface area is 151 Å². The average Bonchev–Trinajstić information content (AvgIpc) is 3.06. The van der Waals surface area contributed by atoms with E-state index < -0.39 is 0 Å². The summed E-state index contributed by atoms with van der Waals surface area (Å²) in [4.78, 5) is 27.0. The molecule has 0 aliphatic carbocycles. The second-order valence-electron chi connectivity index (χ2n) is 5.68. The molecule has 3 rings (SSSR count). The van der Waals surface area contributed by atoms with Crippen molar-refractivity contribution in [2.24, 2.45) is 0 Å². The van der Waals surface area contributed by atoms with Gasteiger partial charge < -0.3 is 15.0 Å². The molecule has 2 aromatic carbocycles. The van der Waals surface area contributed by atoms with Crippen LogP contribution < -0.4 is 15.0 Å². The Morgan fingerprint density at radius 2 is 2.08 bits per heavy atom. The van der Waals surface area contributed by atoms with Crippen LogP contribution in [0.3, 0.4) is 0 Å². The van der Waals surface area contributed by atoms with Crippen molar-refractivity contribution in [2.75, 3.05) is 29.6 Å². The molecule has 0 atom stereocenters. The molecule has 130 valence electrons. The van der Waals surface area contributed by atoms with Crippen molar-refractivity contribution in [1.82, 2.24) is 0 Å². The lowest BCUT2D eigenvalue weighted by Crippen LogP contribution is -2.25. The standard InChI is InChI=1S/C19H20N2O3S/c1-24-14-6-4-7-15(12-14)25-13-18(22)20-16-8-2-3-9-17(16)21-11-5-10-19(21)23/h2-4,6-9,12H,5,10-11,13H2,1H3,(H,20,22). The van der Waals surface area contributed by atoms with E-state index in [2.05, 4.69) is 5.32 Å². The van der Waals surface area contributed by atoms with Crippen LogP contribution in [0.4, 0.5) is 11.4 Å². The number of carbonyl (C=O) groups is 2. The first kappa shape index (κ1) is 17.4. The summed E-state index contributed by atoms with van der Waals surface area (Å²) in [6.07, 6.45) is 1.42. The van der Waals surface area contributed by atoms with Gasteiger partial charge >= 0.3 is 0 Å². The second-order valence-corrected chi connectivity index (χ2v) is 6.73. The van der Waals surface area contributed by atoms with Crippen molar-refractivity contribution >= 4 is 35.0 Å². The van der Waals surface area contributed by atoms with Crippen molar-refractivity contribution in [1.29, 1.82) is 0 Å². The van der Waals surface area contributed by atoms with Crippen LogP contribution in [-0.2, 0) is 9.59 Å². The van der Waals surface area contributed by atoms with Crippen LogP contribution in [-0.4, -0.2) is 31.2 Å². The first-order valence-electron chi connectivity index (χ1n) is 8.13. The van der Waals surface area contributed by atoms with Crippen LogP contribution in [0.5, 0.6) is 5.75 Å². The largest absolute Gasteiger partial charge is 0.497 e. The molecule has 2 amide bonds. The molecule has 2 aromatic rings. The molecule has 0 aromatic heterocycles. The highest BCUT2D eigenvalue weighted by atomic mass is 32.2. The van der Waals surface area contributed by atoms with E-state index >= 15 is 0 Å². The van der Waals surface area contributed by atoms with Crippen molar-refractivity contribution in [3.8, 4) is 5.75 Å². The summed E-state index contributed by atoms with van der Waals surface area (Å²) in [6.45, 7) is 0.699. The molecule has 25 heavy (non-hydrogen) atoms. The third-order valence-electron chi connectivity index (χ3n) is 3.95. The van der Waals surface area contributed by atoms with Crippen LogP contribution in [0.1, 0.15) is 12.8 Å². The van der Waals surface area contributed by atoms with Crippen molar-refractivity contribution in [3.63, 3.8) is 0 Å². The van der Waals surface area contributed by atoms with Gasteiger partial charge in [0.25, 0.3) is 0 Å². The van der Waals surface area contributed by atoms with E-state index in [1.54, 1.807) is 12.0 Å². The Hall–Kier alpha value is -2.47. The molecule has 1 heterocycles. The molecule has 1 fully saturated rings. The van der Waals surface area contributed by atoms with Crippen LogP contribution in [0, 0.1) is 0 Å². The Morgan fingerprint density at radius 1 is 1.24 bits per heavy atom. The summed E-state index contributed by atoms with van der Waals surface area (Å²) in [7, 11) is 1.62. The highest BCUT2D eigenvalue weighted by molar-refractivity contribution is 8.00. The molecule has 6 heteroatoms. The van der Waals surface area contributed by atoms with Crippen LogP contribution >= 0.6 is 11.8 Å². The maximum Gasteiger partial charge on any atom is 0.234 e. The minimum atomic E-state index is -0.105. The summed E-state index contributed by atoms with van der Waals surface area (Å²) in [5.41, 5.74) is 1.44. The van der Waals surface area contributed by atoms with E-state index in [1.807, 2.05) is 48.5 Å². The van der Waals surface area contributed by atoms with Crippen LogP contribution in [0.25, 0.3) is 0 Å². The van der Waals surface area contributed by atoms with Gasteiger partial charge in [0.15, 0.2) is 0 Å². The number of para-hydroxylation sites is 2. The molecule has 1 aliphatic heterocycles. The number of hydrogen-bond donors (Lipinski definition) is 1. The SMILES string of the molecule is COc1cccc(SCC(=O)Nc2ccccc2N2CCCC2=O)c1. The van der Waals surface area contributed by atoms with E-state index in [-0.39, 0.29) is 17.6 Å². The predicted molar refractivity (Wildman–Crippen MR) is 100 cm³/mol. The Balaban J connectivity index is 1.64. The number of methoxy groups -OCH3 is 1. The van der Waals surface area contributed by atoms with Gasteiger partial charge in [0.1, 0.15) is 5.75 Å². The Morgan fingerprint density at radius 3 is 2.84 bits per heavy atom. The third kappa shape index (κ3) is 4.33. The summed E-state index contributed by atoms with van der Waals surface area (Å²) >= 11 is 1.44. The van der Waals surface area contributed by atoms with Gasteiger partial charge in [0.05, 0.1) is 24.2 Å². The van der Waals surface area contributed by atoms with Gasteiger partial charge in [0.2, 0.25) is 11.8 Å². The minimum Gasteiger partial charge on any atom is -0.497 e. The number of hydrogen-bond acceptors (Lipinski definition) is 4. The van der Waals surface area contributed by atoms with Gasteiger partial charge in [-0.05, 0) is 36.8 Å². The number of amides is 2. The quantitative estimate of drug-likeness (QED) is 0.804. The van der Waals surface area contributed by atoms with E-state index in [9.17, 15) is 9.59 Å². The monoisotopic (exact) mass is 356 g/mol. The van der Waals surface area contributed by atoms with E-state index in [0.717, 1.165) is 22.8 Å². The molecule has 1 N–H and O–H groups in total. The smallest absolute Gasteiger partial charge is 0.234 e. The van der Waals surface area contributed by atoms with Crippen LogP contribution in [0.2, 0.25) is 0 Å². The summed E-state index contributed by atoms with van der Waals surface area (Å²) < 4.78 is 5.19. The highest BCUT2D eigenvalue weighted by Crippen LogP contribution is 2.30. The molecule has 5 nitrogen and oxygen atoms in total. The zero-order valence-corrected chi connectivity index (χ0v) is 14.8. The molecule has 0 bridgehead atoms. The first-order chi connectivity index (χ1) is 12.2. The predicted octanol–water partition coefficient (Wildman–Crippen LogP) is 3.55. The van der Waals surface area contributed by atoms with Crippen molar-refractivity contribution in [3.05, 3.63) is 48.5 Å². The van der Waals surface area contributed by atoms with Gasteiger partial charge in [0, 0.05) is 17.9 Å². The molecule has 1 aliphatic rings. The molecule has 0 saturated carbocycles. The van der Waals surface area contributed by atoms with E-state index in [1.165, 1.54) is 11.8 Å². The molecule has 0 unspecified atom stereocenters. The number of benzene rings is 2. The number of ether oxygens (including phenoxy) is 1. The summed E-state index contributed by atoms with van der Waals surface area (Å²) in [6, 6.07) is 15.0. The fourth-order valence-corrected chi connectivity index (χ4v) is 3.49. The topological polar surface area (TPSA) is 58.6 Å². The Bertz CT molecular complexity index is 779. The number of nitrogens with zero attached hydrogens (tertiary/aromatic N) is 1. The van der Waals surface area contributed by atoms with Crippen molar-refractivity contribution in [2.45, 2.75) is 17.7 Å². The maximum absolute atomic E-state index is 12.3. The first-order valence-corrected chi connectivity index (χ1v) is 9.12. The van der Waals surface area contributed by atoms with E-state index in [4.69, 9.17) is 4.74 Å². The zero-order valence-electron chi connectivity index (χ0n) is 14.0. The number of carbonyl (C=O) groups excluding carboxylic acids is 2. The number of rotatable bonds is 6. The maximum atomic E-state index is 12.3. The zero-order chi connectivity index (χ0) is 17.6. The third-order valence-corrected chi connectivity index (χ3v) is 4.95. The van der Waals surface area contributed by atoms with Crippen molar-refractivity contribution < 1.29 is 14.3 Å². The van der Waals surface area contributed by atoms with Gasteiger partial charge in [-0.3, -0.25) is 9.59 Å². The number of nitrogens with one attached hydrogen (secondary N) is 1. The molecular formula is C19H20N2O3S. The molecular weight excluding hydrogens is 336 g/mol. The van der Waals surface area contributed by atoms with Gasteiger partial charge in [-0.15, -0.1) is 11.8 Å². The molecule has 1 saturated heterocycles. The molecule has 0 radical (unpaired) electrons. The highest BCUT2D eigenvalue weighted by Gasteiger charge is 2.24. The lowest BCUT2D eigenvalue weighted by molar-refractivity contribution is -0.117. The lowest BCUT2D eigenvalue weighted by Gasteiger charge is -2.19. The van der Waals surface area contributed by atoms with E-state index in [0.29, 0.717) is 18.7 Å². The summed E-state index contributed by atoms with van der Waals surface area (Å²) in [5.74, 6) is 1.05. The minimum absolute atomic E-state index is 0.104. The van der Waals surface area contributed by atoms with Crippen LogP contribution in [0.15, 0.2) is 53.4 Å². The second kappa shape index (κ2) is 8.07. The lowest BCUT2D eigenvalue weighted by atomic mass is 10.2. The fourth-order valence-electron chi connectivity index (χ4n) is 2.74. The van der Waals surface area contributed by atoms with Gasteiger partial charge in [-0.25, -0.2) is 0 Å². The Kier molecular flexibility index (Phi) is 5.60. The molecule has 0 spiro atoms.